The summed E-state index contributed by atoms with van der Waals surface area (Å²) < 4.78 is 4.26. The highest BCUT2D eigenvalue weighted by Gasteiger charge is 2.21. The summed E-state index contributed by atoms with van der Waals surface area (Å²) >= 11 is 11.7. The van der Waals surface area contributed by atoms with Crippen molar-refractivity contribution < 1.29 is 0 Å². The molecule has 106 valence electrons. The summed E-state index contributed by atoms with van der Waals surface area (Å²) in [7, 11) is 0. The lowest BCUT2D eigenvalue weighted by Crippen LogP contribution is -2.27. The van der Waals surface area contributed by atoms with E-state index in [1.807, 2.05) is 24.3 Å². The van der Waals surface area contributed by atoms with E-state index in [-0.39, 0.29) is 12.1 Å². The molecule has 2 unspecified atom stereocenters. The monoisotopic (exact) mass is 620 g/mol. The topological polar surface area (TPSA) is 52.0 Å². The Balaban J connectivity index is 2.39. The molecule has 0 aromatic heterocycles. The molecule has 0 spiro atoms. The van der Waals surface area contributed by atoms with Crippen molar-refractivity contribution in [1.82, 2.24) is 0 Å². The van der Waals surface area contributed by atoms with E-state index in [9.17, 15) is 0 Å². The number of nitrogens with two attached hydrogens (primary N) is 2. The fourth-order valence-corrected chi connectivity index (χ4v) is 3.98. The first-order valence-corrected chi connectivity index (χ1v) is 9.55. The summed E-state index contributed by atoms with van der Waals surface area (Å²) in [5.74, 6) is 0. The van der Waals surface area contributed by atoms with Crippen LogP contribution in [0.15, 0.2) is 45.3 Å². The van der Waals surface area contributed by atoms with E-state index in [1.165, 1.54) is 0 Å². The minimum absolute atomic E-state index is 0.270. The molecular weight excluding hydrogens is 610 g/mol. The molecule has 6 heteroatoms. The van der Waals surface area contributed by atoms with Crippen molar-refractivity contribution in [3.05, 3.63) is 63.6 Å². The molecule has 2 rings (SSSR count). The fourth-order valence-electron chi connectivity index (χ4n) is 1.93. The van der Waals surface area contributed by atoms with Gasteiger partial charge in [-0.2, -0.15) is 0 Å². The van der Waals surface area contributed by atoms with E-state index >= 15 is 0 Å². The third-order valence-electron chi connectivity index (χ3n) is 3.02. The molecule has 0 aliphatic heterocycles. The first-order valence-electron chi connectivity index (χ1n) is 5.81. The molecule has 0 amide bonds. The zero-order valence-corrected chi connectivity index (χ0v) is 17.8. The van der Waals surface area contributed by atoms with Gasteiger partial charge in [-0.3, -0.25) is 0 Å². The first-order chi connectivity index (χ1) is 9.40. The predicted molar refractivity (Wildman–Crippen MR) is 108 cm³/mol. The van der Waals surface area contributed by atoms with Gasteiger partial charge >= 0.3 is 0 Å². The average molecular weight is 622 g/mol. The van der Waals surface area contributed by atoms with E-state index in [2.05, 4.69) is 89.2 Å². The highest BCUT2D eigenvalue weighted by molar-refractivity contribution is 14.1. The van der Waals surface area contributed by atoms with Gasteiger partial charge in [0.05, 0.1) is 12.1 Å². The SMILES string of the molecule is NC(c1cc(I)ccc1Br)C(N)c1cc(I)ccc1Br. The molecule has 0 saturated carbocycles. The van der Waals surface area contributed by atoms with Gasteiger partial charge < -0.3 is 11.5 Å². The van der Waals surface area contributed by atoms with Crippen molar-refractivity contribution in [3.8, 4) is 0 Å². The van der Waals surface area contributed by atoms with Crippen molar-refractivity contribution in [1.29, 1.82) is 0 Å². The van der Waals surface area contributed by atoms with Gasteiger partial charge in [-0.05, 0) is 92.7 Å². The van der Waals surface area contributed by atoms with Gasteiger partial charge in [0.1, 0.15) is 0 Å². The molecule has 0 saturated heterocycles. The van der Waals surface area contributed by atoms with Crippen LogP contribution in [0.5, 0.6) is 0 Å². The van der Waals surface area contributed by atoms with Crippen molar-refractivity contribution in [2.45, 2.75) is 12.1 Å². The standard InChI is InChI=1S/C14H12Br2I2N2/c15-11-3-1-7(17)5-9(11)13(19)14(20)10-6-8(18)2-4-12(10)16/h1-6,13-14H,19-20H2. The average Bonchev–Trinajstić information content (AvgIpc) is 2.42. The molecule has 0 aliphatic rings. The van der Waals surface area contributed by atoms with Crippen LogP contribution in [0.25, 0.3) is 0 Å². The summed E-state index contributed by atoms with van der Waals surface area (Å²) in [6.45, 7) is 0. The molecule has 4 N–H and O–H groups in total. The van der Waals surface area contributed by atoms with E-state index in [0.29, 0.717) is 0 Å². The van der Waals surface area contributed by atoms with Gasteiger partial charge in [-0.15, -0.1) is 0 Å². The van der Waals surface area contributed by atoms with Crippen LogP contribution in [0.2, 0.25) is 0 Å². The minimum atomic E-state index is -0.270. The van der Waals surface area contributed by atoms with Gasteiger partial charge in [0.2, 0.25) is 0 Å². The van der Waals surface area contributed by atoms with E-state index in [0.717, 1.165) is 27.2 Å². The highest BCUT2D eigenvalue weighted by atomic mass is 127. The van der Waals surface area contributed by atoms with Gasteiger partial charge in [0.15, 0.2) is 0 Å². The predicted octanol–water partition coefficient (Wildman–Crippen LogP) is 5.12. The largest absolute Gasteiger partial charge is 0.322 e. The van der Waals surface area contributed by atoms with E-state index in [1.54, 1.807) is 0 Å². The molecule has 20 heavy (non-hydrogen) atoms. The molecule has 0 aliphatic carbocycles. The second-order valence-corrected chi connectivity index (χ2v) is 8.58. The van der Waals surface area contributed by atoms with Crippen molar-refractivity contribution >= 4 is 77.0 Å². The lowest BCUT2D eigenvalue weighted by molar-refractivity contribution is 0.570. The molecule has 0 fully saturated rings. The maximum absolute atomic E-state index is 6.38. The Hall–Kier alpha value is 0.780. The van der Waals surface area contributed by atoms with Crippen LogP contribution in [-0.2, 0) is 0 Å². The molecule has 0 heterocycles. The lowest BCUT2D eigenvalue weighted by atomic mass is 9.95. The summed E-state index contributed by atoms with van der Waals surface area (Å²) in [6, 6.07) is 11.7. The number of hydrogen-bond donors (Lipinski definition) is 2. The molecule has 2 aromatic carbocycles. The Kier molecular flexibility index (Phi) is 6.31. The number of halogens is 4. The third kappa shape index (κ3) is 3.95. The lowest BCUT2D eigenvalue weighted by Gasteiger charge is -2.23. The Morgan fingerprint density at radius 1 is 0.750 bits per heavy atom. The second kappa shape index (κ2) is 7.36. The zero-order valence-electron chi connectivity index (χ0n) is 10.3. The van der Waals surface area contributed by atoms with Crippen molar-refractivity contribution in [2.24, 2.45) is 11.5 Å². The normalized spacial score (nSPS) is 14.1. The van der Waals surface area contributed by atoms with Gasteiger partial charge in [0, 0.05) is 16.1 Å². The number of benzene rings is 2. The van der Waals surface area contributed by atoms with Crippen molar-refractivity contribution in [2.75, 3.05) is 0 Å². The Morgan fingerprint density at radius 3 is 1.45 bits per heavy atom. The Bertz CT molecular complexity index is 579. The molecule has 2 atom stereocenters. The van der Waals surface area contributed by atoms with Crippen LogP contribution in [-0.4, -0.2) is 0 Å². The van der Waals surface area contributed by atoms with E-state index < -0.39 is 0 Å². The van der Waals surface area contributed by atoms with E-state index in [4.69, 9.17) is 11.5 Å². The minimum Gasteiger partial charge on any atom is -0.322 e. The van der Waals surface area contributed by atoms with Gasteiger partial charge in [0.25, 0.3) is 0 Å². The summed E-state index contributed by atoms with van der Waals surface area (Å²) in [4.78, 5) is 0. The van der Waals surface area contributed by atoms with Crippen molar-refractivity contribution in [3.63, 3.8) is 0 Å². The maximum Gasteiger partial charge on any atom is 0.0503 e. The quantitative estimate of drug-likeness (QED) is 0.468. The third-order valence-corrected chi connectivity index (χ3v) is 5.81. The van der Waals surface area contributed by atoms with Crippen LogP contribution < -0.4 is 11.5 Å². The summed E-state index contributed by atoms with van der Waals surface area (Å²) in [5.41, 5.74) is 14.8. The van der Waals surface area contributed by atoms with Gasteiger partial charge in [-0.1, -0.05) is 31.9 Å². The molecule has 0 radical (unpaired) electrons. The fraction of sp³-hybridized carbons (Fsp3) is 0.143. The van der Waals surface area contributed by atoms with Crippen LogP contribution in [0.3, 0.4) is 0 Å². The maximum atomic E-state index is 6.38. The second-order valence-electron chi connectivity index (χ2n) is 4.38. The number of rotatable bonds is 3. The smallest absolute Gasteiger partial charge is 0.0503 e. The molecule has 0 bridgehead atoms. The van der Waals surface area contributed by atoms with Crippen LogP contribution in [0.4, 0.5) is 0 Å². The van der Waals surface area contributed by atoms with Gasteiger partial charge in [-0.25, -0.2) is 0 Å². The van der Waals surface area contributed by atoms with Crippen LogP contribution in [0.1, 0.15) is 23.2 Å². The Morgan fingerprint density at radius 2 is 1.10 bits per heavy atom. The molecular formula is C14H12Br2I2N2. The molecule has 2 aromatic rings. The first kappa shape index (κ1) is 17.1. The van der Waals surface area contributed by atoms with Crippen LogP contribution >= 0.6 is 77.0 Å². The summed E-state index contributed by atoms with van der Waals surface area (Å²) in [5, 5.41) is 0. The zero-order chi connectivity index (χ0) is 14.9. The van der Waals surface area contributed by atoms with Crippen LogP contribution in [0, 0.1) is 7.14 Å². The Labute approximate surface area is 162 Å². The highest BCUT2D eigenvalue weighted by Crippen LogP contribution is 2.34. The number of hydrogen-bond acceptors (Lipinski definition) is 2. The summed E-state index contributed by atoms with van der Waals surface area (Å²) in [6.07, 6.45) is 0. The molecule has 2 nitrogen and oxygen atoms in total.